The van der Waals surface area contributed by atoms with E-state index in [0.717, 1.165) is 39.1 Å². The van der Waals surface area contributed by atoms with Crippen LogP contribution in [-0.4, -0.2) is 66.8 Å². The molecule has 1 aromatic rings. The molecule has 0 spiro atoms. The average molecular weight is 396 g/mol. The van der Waals surface area contributed by atoms with E-state index >= 15 is 0 Å². The number of esters is 1. The Hall–Kier alpha value is -1.70. The maximum atomic E-state index is 12.3. The number of halogens is 1. The zero-order valence-corrected chi connectivity index (χ0v) is 16.2. The lowest BCUT2D eigenvalue weighted by molar-refractivity contribution is -0.125. The Morgan fingerprint density at radius 2 is 2.00 bits per heavy atom. The summed E-state index contributed by atoms with van der Waals surface area (Å²) in [5.41, 5.74) is 0.137. The fraction of sp³-hybridized carbons (Fsp3) is 0.632. The monoisotopic (exact) mass is 395 g/mol. The Morgan fingerprint density at radius 3 is 2.70 bits per heavy atom. The summed E-state index contributed by atoms with van der Waals surface area (Å²) in [7, 11) is 0. The van der Waals surface area contributed by atoms with Gasteiger partial charge in [0.2, 0.25) is 0 Å². The molecule has 0 radical (unpaired) electrons. The molecule has 2 aliphatic rings. The molecule has 2 heterocycles. The highest BCUT2D eigenvalue weighted by atomic mass is 35.5. The Labute approximate surface area is 164 Å². The summed E-state index contributed by atoms with van der Waals surface area (Å²) < 4.78 is 10.6. The van der Waals surface area contributed by atoms with Gasteiger partial charge in [-0.1, -0.05) is 30.9 Å². The van der Waals surface area contributed by atoms with Gasteiger partial charge in [0.05, 0.1) is 18.8 Å². The molecule has 1 aliphatic heterocycles. The minimum absolute atomic E-state index is 0.0195. The molecule has 0 atom stereocenters. The summed E-state index contributed by atoms with van der Waals surface area (Å²) in [6.45, 7) is 3.49. The van der Waals surface area contributed by atoms with Gasteiger partial charge in [-0.15, -0.1) is 0 Å². The zero-order chi connectivity index (χ0) is 19.1. The first-order valence-electron chi connectivity index (χ1n) is 9.48. The van der Waals surface area contributed by atoms with Gasteiger partial charge in [0.1, 0.15) is 5.15 Å². The van der Waals surface area contributed by atoms with Gasteiger partial charge in [-0.25, -0.2) is 9.78 Å². The van der Waals surface area contributed by atoms with Crippen molar-refractivity contribution in [2.45, 2.75) is 37.6 Å². The molecule has 1 aromatic heterocycles. The highest BCUT2D eigenvalue weighted by molar-refractivity contribution is 6.32. The van der Waals surface area contributed by atoms with Gasteiger partial charge in [0.25, 0.3) is 5.91 Å². The second-order valence-corrected chi connectivity index (χ2v) is 7.44. The first kappa shape index (κ1) is 20.0. The first-order chi connectivity index (χ1) is 13.1. The van der Waals surface area contributed by atoms with E-state index in [2.05, 4.69) is 15.2 Å². The minimum Gasteiger partial charge on any atom is -0.452 e. The van der Waals surface area contributed by atoms with Gasteiger partial charge in [-0.2, -0.15) is 0 Å². The van der Waals surface area contributed by atoms with Crippen LogP contribution in [0, 0.1) is 0 Å². The van der Waals surface area contributed by atoms with E-state index in [0.29, 0.717) is 6.54 Å². The molecule has 2 fully saturated rings. The standard InChI is InChI=1S/C19H26ClN3O4/c20-17-15(5-4-8-21-17)18(25)27-13-16(24)22-14-19(6-2-1-3-7-19)23-9-11-26-12-10-23/h4-5,8H,1-3,6-7,9-14H2,(H,22,24). The van der Waals surface area contributed by atoms with Gasteiger partial charge < -0.3 is 14.8 Å². The first-order valence-corrected chi connectivity index (χ1v) is 9.86. The quantitative estimate of drug-likeness (QED) is 0.586. The van der Waals surface area contributed by atoms with E-state index in [1.807, 2.05) is 0 Å². The number of morpholine rings is 1. The van der Waals surface area contributed by atoms with Gasteiger partial charge in [-0.05, 0) is 25.0 Å². The zero-order valence-electron chi connectivity index (χ0n) is 15.4. The number of hydrogen-bond acceptors (Lipinski definition) is 6. The molecule has 0 bridgehead atoms. The number of rotatable bonds is 6. The Bertz CT molecular complexity index is 658. The van der Waals surface area contributed by atoms with Crippen LogP contribution in [0.1, 0.15) is 42.5 Å². The maximum Gasteiger partial charge on any atom is 0.341 e. The van der Waals surface area contributed by atoms with Crippen LogP contribution in [0.25, 0.3) is 0 Å². The summed E-state index contributed by atoms with van der Waals surface area (Å²) in [6.07, 6.45) is 7.20. The van der Waals surface area contributed by atoms with Crippen molar-refractivity contribution in [2.24, 2.45) is 0 Å². The highest BCUT2D eigenvalue weighted by Gasteiger charge is 2.38. The number of aromatic nitrogens is 1. The van der Waals surface area contributed by atoms with Crippen LogP contribution < -0.4 is 5.32 Å². The molecule has 1 saturated heterocycles. The van der Waals surface area contributed by atoms with E-state index in [-0.39, 0.29) is 28.8 Å². The molecule has 0 unspecified atom stereocenters. The van der Waals surface area contributed by atoms with E-state index in [1.54, 1.807) is 6.07 Å². The van der Waals surface area contributed by atoms with Crippen molar-refractivity contribution in [3.63, 3.8) is 0 Å². The topological polar surface area (TPSA) is 80.8 Å². The summed E-state index contributed by atoms with van der Waals surface area (Å²) in [4.78, 5) is 30.6. The Balaban J connectivity index is 1.52. The number of ether oxygens (including phenoxy) is 2. The van der Waals surface area contributed by atoms with Crippen molar-refractivity contribution in [3.05, 3.63) is 29.0 Å². The van der Waals surface area contributed by atoms with Crippen LogP contribution in [0.15, 0.2) is 18.3 Å². The molecular weight excluding hydrogens is 370 g/mol. The number of nitrogens with zero attached hydrogens (tertiary/aromatic N) is 2. The number of carbonyl (C=O) groups is 2. The molecule has 148 valence electrons. The number of nitrogens with one attached hydrogen (secondary N) is 1. The fourth-order valence-electron chi connectivity index (χ4n) is 3.91. The van der Waals surface area contributed by atoms with E-state index in [9.17, 15) is 9.59 Å². The van der Waals surface area contributed by atoms with Crippen molar-refractivity contribution < 1.29 is 19.1 Å². The number of pyridine rings is 1. The van der Waals surface area contributed by atoms with E-state index in [4.69, 9.17) is 21.1 Å². The van der Waals surface area contributed by atoms with Crippen LogP contribution in [0.4, 0.5) is 0 Å². The van der Waals surface area contributed by atoms with Gasteiger partial charge in [-0.3, -0.25) is 9.69 Å². The molecule has 1 N–H and O–H groups in total. The van der Waals surface area contributed by atoms with Crippen LogP contribution in [0.2, 0.25) is 5.15 Å². The second kappa shape index (κ2) is 9.48. The van der Waals surface area contributed by atoms with Gasteiger partial charge >= 0.3 is 5.97 Å². The predicted octanol–water partition coefficient (Wildman–Crippen LogP) is 2.04. The van der Waals surface area contributed by atoms with Crippen molar-refractivity contribution in [1.82, 2.24) is 15.2 Å². The van der Waals surface area contributed by atoms with Crippen LogP contribution in [-0.2, 0) is 14.3 Å². The summed E-state index contributed by atoms with van der Waals surface area (Å²) in [5, 5.41) is 3.03. The Kier molecular flexibility index (Phi) is 7.04. The lowest BCUT2D eigenvalue weighted by Gasteiger charge is -2.48. The van der Waals surface area contributed by atoms with E-state index in [1.165, 1.54) is 31.5 Å². The summed E-state index contributed by atoms with van der Waals surface area (Å²) in [6, 6.07) is 3.11. The van der Waals surface area contributed by atoms with Crippen molar-refractivity contribution >= 4 is 23.5 Å². The van der Waals surface area contributed by atoms with E-state index < -0.39 is 5.97 Å². The smallest absolute Gasteiger partial charge is 0.341 e. The lowest BCUT2D eigenvalue weighted by atomic mass is 9.79. The fourth-order valence-corrected chi connectivity index (χ4v) is 4.11. The third-order valence-electron chi connectivity index (χ3n) is 5.39. The minimum atomic E-state index is -0.649. The molecular formula is C19H26ClN3O4. The van der Waals surface area contributed by atoms with Crippen molar-refractivity contribution in [2.75, 3.05) is 39.5 Å². The average Bonchev–Trinajstić information content (AvgIpc) is 2.72. The lowest BCUT2D eigenvalue weighted by Crippen LogP contribution is -2.59. The summed E-state index contributed by atoms with van der Waals surface area (Å²) >= 11 is 5.87. The highest BCUT2D eigenvalue weighted by Crippen LogP contribution is 2.33. The number of amides is 1. The summed E-state index contributed by atoms with van der Waals surface area (Å²) in [5.74, 6) is -0.953. The largest absolute Gasteiger partial charge is 0.452 e. The van der Waals surface area contributed by atoms with Gasteiger partial charge in [0.15, 0.2) is 6.61 Å². The number of hydrogen-bond donors (Lipinski definition) is 1. The molecule has 1 saturated carbocycles. The molecule has 3 rings (SSSR count). The molecule has 8 heteroatoms. The SMILES string of the molecule is O=C(COC(=O)c1cccnc1Cl)NCC1(N2CCOCC2)CCCCC1. The normalized spacial score (nSPS) is 20.0. The molecule has 7 nitrogen and oxygen atoms in total. The second-order valence-electron chi connectivity index (χ2n) is 7.08. The van der Waals surface area contributed by atoms with Gasteiger partial charge in [0, 0.05) is 31.4 Å². The van der Waals surface area contributed by atoms with Crippen molar-refractivity contribution in [1.29, 1.82) is 0 Å². The molecule has 27 heavy (non-hydrogen) atoms. The molecule has 1 aliphatic carbocycles. The number of carbonyl (C=O) groups excluding carboxylic acids is 2. The third-order valence-corrected chi connectivity index (χ3v) is 5.70. The van der Waals surface area contributed by atoms with Crippen LogP contribution >= 0.6 is 11.6 Å². The molecule has 1 amide bonds. The van der Waals surface area contributed by atoms with Crippen LogP contribution in [0.3, 0.4) is 0 Å². The van der Waals surface area contributed by atoms with Crippen molar-refractivity contribution in [3.8, 4) is 0 Å². The van der Waals surface area contributed by atoms with Crippen LogP contribution in [0.5, 0.6) is 0 Å². The Morgan fingerprint density at radius 1 is 1.26 bits per heavy atom. The molecule has 0 aromatic carbocycles. The predicted molar refractivity (Wildman–Crippen MR) is 101 cm³/mol. The third kappa shape index (κ3) is 5.18. The maximum absolute atomic E-state index is 12.3.